The van der Waals surface area contributed by atoms with E-state index >= 15 is 0 Å². The molecule has 10 heteroatoms. The Hall–Kier alpha value is -3.92. The summed E-state index contributed by atoms with van der Waals surface area (Å²) in [5, 5.41) is 5.52. The van der Waals surface area contributed by atoms with E-state index in [-0.39, 0.29) is 17.9 Å². The summed E-state index contributed by atoms with van der Waals surface area (Å²) >= 11 is 0. The van der Waals surface area contributed by atoms with Gasteiger partial charge in [-0.05, 0) is 61.9 Å². The summed E-state index contributed by atoms with van der Waals surface area (Å²) in [5.74, 6) is -1.16. The van der Waals surface area contributed by atoms with E-state index in [2.05, 4.69) is 31.4 Å². The van der Waals surface area contributed by atoms with Crippen molar-refractivity contribution in [3.8, 4) is 0 Å². The second kappa shape index (κ2) is 15.5. The van der Waals surface area contributed by atoms with Crippen LogP contribution in [0.4, 0.5) is 4.79 Å². The maximum Gasteiger partial charge on any atom is 0.407 e. The highest BCUT2D eigenvalue weighted by Gasteiger charge is 2.40. The maximum atomic E-state index is 14.0. The van der Waals surface area contributed by atoms with E-state index < -0.39 is 36.0 Å². The molecule has 0 unspecified atom stereocenters. The lowest BCUT2D eigenvalue weighted by molar-refractivity contribution is -0.146. The molecular formula is C33H47N5O5. The molecular weight excluding hydrogens is 546 g/mol. The highest BCUT2D eigenvalue weighted by atomic mass is 16.5. The first-order valence-corrected chi connectivity index (χ1v) is 14.9. The third-order valence-corrected chi connectivity index (χ3v) is 7.61. The van der Waals surface area contributed by atoms with Gasteiger partial charge in [-0.3, -0.25) is 19.3 Å². The molecule has 0 radical (unpaired) electrons. The van der Waals surface area contributed by atoms with Crippen molar-refractivity contribution in [2.45, 2.75) is 84.2 Å². The quantitative estimate of drug-likeness (QED) is 0.305. The molecule has 0 saturated carbocycles. The van der Waals surface area contributed by atoms with E-state index in [9.17, 15) is 19.2 Å². The molecule has 0 spiro atoms. The highest BCUT2D eigenvalue weighted by molar-refractivity contribution is 5.93. The SMILES string of the molecule is CN(C)[C@@H](CC(C)(C)C)C(=O)N1Cc2ccccc2C[C@H]1C(=O)N[C@@H](CCCCNC(=O)OCc1ccccc1)C(N)=O. The third kappa shape index (κ3) is 10.4. The minimum Gasteiger partial charge on any atom is -0.445 e. The minimum atomic E-state index is -0.897. The molecule has 10 nitrogen and oxygen atoms in total. The topological polar surface area (TPSA) is 134 Å². The van der Waals surface area contributed by atoms with E-state index in [0.29, 0.717) is 45.2 Å². The predicted molar refractivity (Wildman–Crippen MR) is 166 cm³/mol. The number of carbonyl (C=O) groups excluding carboxylic acids is 4. The van der Waals surface area contributed by atoms with Gasteiger partial charge in [0.15, 0.2) is 0 Å². The van der Waals surface area contributed by atoms with Crippen molar-refractivity contribution in [3.05, 3.63) is 71.3 Å². The number of alkyl carbamates (subject to hydrolysis) is 1. The van der Waals surface area contributed by atoms with Gasteiger partial charge in [0.05, 0.1) is 6.04 Å². The molecule has 0 aromatic heterocycles. The number of nitrogens with two attached hydrogens (primary N) is 1. The number of amides is 4. The van der Waals surface area contributed by atoms with Crippen LogP contribution in [0.3, 0.4) is 0 Å². The lowest BCUT2D eigenvalue weighted by atomic mass is 9.86. The summed E-state index contributed by atoms with van der Waals surface area (Å²) in [7, 11) is 3.75. The number of nitrogens with zero attached hydrogens (tertiary/aromatic N) is 2. The summed E-state index contributed by atoms with van der Waals surface area (Å²) in [6.07, 6.45) is 1.88. The van der Waals surface area contributed by atoms with Crippen LogP contribution in [0.25, 0.3) is 0 Å². The maximum absolute atomic E-state index is 14.0. The summed E-state index contributed by atoms with van der Waals surface area (Å²) in [5.41, 5.74) is 8.48. The Labute approximate surface area is 255 Å². The van der Waals surface area contributed by atoms with E-state index in [1.165, 1.54) is 0 Å². The Balaban J connectivity index is 1.60. The van der Waals surface area contributed by atoms with Gasteiger partial charge in [0.1, 0.15) is 18.7 Å². The van der Waals surface area contributed by atoms with Crippen molar-refractivity contribution in [2.24, 2.45) is 11.1 Å². The van der Waals surface area contributed by atoms with Gasteiger partial charge in [-0.2, -0.15) is 0 Å². The average molecular weight is 594 g/mol. The van der Waals surface area contributed by atoms with Crippen LogP contribution >= 0.6 is 0 Å². The van der Waals surface area contributed by atoms with Crippen molar-refractivity contribution in [2.75, 3.05) is 20.6 Å². The number of unbranched alkanes of at least 4 members (excludes halogenated alkanes) is 1. The first-order chi connectivity index (χ1) is 20.4. The van der Waals surface area contributed by atoms with Crippen LogP contribution in [0, 0.1) is 5.41 Å². The number of primary amides is 1. The Morgan fingerprint density at radius 2 is 1.65 bits per heavy atom. The Morgan fingerprint density at radius 1 is 1.00 bits per heavy atom. The summed E-state index contributed by atoms with van der Waals surface area (Å²) in [6.45, 7) is 7.12. The Morgan fingerprint density at radius 3 is 2.28 bits per heavy atom. The van der Waals surface area contributed by atoms with Crippen LogP contribution in [0.2, 0.25) is 0 Å². The molecule has 1 aliphatic rings. The van der Waals surface area contributed by atoms with Gasteiger partial charge in [0, 0.05) is 19.5 Å². The standard InChI is InChI=1S/C33H47N5O5/c1-33(2,3)20-28(37(4)5)31(41)38-21-25-16-10-9-15-24(25)19-27(38)30(40)36-26(29(34)39)17-11-12-18-35-32(42)43-22-23-13-7-6-8-14-23/h6-10,13-16,26-28H,11-12,17-22H2,1-5H3,(H2,34,39)(H,35,42)(H,36,40)/t26-,27-,28-/m0/s1. The molecule has 3 atom stereocenters. The van der Waals surface area contributed by atoms with Crippen LogP contribution in [-0.4, -0.2) is 72.4 Å². The molecule has 1 aliphatic heterocycles. The number of hydrogen-bond acceptors (Lipinski definition) is 6. The van der Waals surface area contributed by atoms with Gasteiger partial charge in [-0.1, -0.05) is 75.4 Å². The fourth-order valence-electron chi connectivity index (χ4n) is 5.24. The Bertz CT molecular complexity index is 1240. The van der Waals surface area contributed by atoms with Crippen molar-refractivity contribution in [1.29, 1.82) is 0 Å². The molecule has 0 saturated heterocycles. The smallest absolute Gasteiger partial charge is 0.407 e. The number of rotatable bonds is 13. The number of benzene rings is 2. The number of ether oxygens (including phenoxy) is 1. The van der Waals surface area contributed by atoms with Crippen LogP contribution in [-0.2, 0) is 38.7 Å². The lowest BCUT2D eigenvalue weighted by Crippen LogP contribution is -2.59. The normalized spacial score (nSPS) is 16.1. The van der Waals surface area contributed by atoms with Crippen LogP contribution < -0.4 is 16.4 Å². The van der Waals surface area contributed by atoms with Crippen LogP contribution in [0.15, 0.2) is 54.6 Å². The minimum absolute atomic E-state index is 0.0966. The van der Waals surface area contributed by atoms with Gasteiger partial charge >= 0.3 is 6.09 Å². The largest absolute Gasteiger partial charge is 0.445 e. The van der Waals surface area contributed by atoms with Gasteiger partial charge in [0.2, 0.25) is 17.7 Å². The zero-order valence-electron chi connectivity index (χ0n) is 26.1. The van der Waals surface area contributed by atoms with Gasteiger partial charge in [-0.25, -0.2) is 4.79 Å². The number of hydrogen-bond donors (Lipinski definition) is 3. The summed E-state index contributed by atoms with van der Waals surface area (Å²) in [6, 6.07) is 15.1. The molecule has 0 fully saturated rings. The van der Waals surface area contributed by atoms with E-state index in [4.69, 9.17) is 10.5 Å². The molecule has 0 aliphatic carbocycles. The number of likely N-dealkylation sites (N-methyl/N-ethyl adjacent to an activating group) is 1. The second-order valence-corrected chi connectivity index (χ2v) is 12.6. The van der Waals surface area contributed by atoms with E-state index in [1.807, 2.05) is 73.6 Å². The second-order valence-electron chi connectivity index (χ2n) is 12.6. The van der Waals surface area contributed by atoms with E-state index in [1.54, 1.807) is 4.90 Å². The van der Waals surface area contributed by atoms with Gasteiger partial charge in [0.25, 0.3) is 0 Å². The average Bonchev–Trinajstić information content (AvgIpc) is 2.96. The summed E-state index contributed by atoms with van der Waals surface area (Å²) < 4.78 is 5.21. The van der Waals surface area contributed by atoms with Crippen molar-refractivity contribution in [1.82, 2.24) is 20.4 Å². The number of fused-ring (bicyclic) bond motifs is 1. The van der Waals surface area contributed by atoms with Gasteiger partial charge < -0.3 is 26.0 Å². The lowest BCUT2D eigenvalue weighted by Gasteiger charge is -2.40. The van der Waals surface area contributed by atoms with Crippen LogP contribution in [0.5, 0.6) is 0 Å². The van der Waals surface area contributed by atoms with Crippen molar-refractivity contribution < 1.29 is 23.9 Å². The highest BCUT2D eigenvalue weighted by Crippen LogP contribution is 2.29. The fourth-order valence-corrected chi connectivity index (χ4v) is 5.24. The number of carbonyl (C=O) groups is 4. The van der Waals surface area contributed by atoms with Gasteiger partial charge in [-0.15, -0.1) is 0 Å². The molecule has 0 bridgehead atoms. The molecule has 4 N–H and O–H groups in total. The molecule has 3 rings (SSSR count). The zero-order valence-corrected chi connectivity index (χ0v) is 26.1. The molecule has 234 valence electrons. The zero-order chi connectivity index (χ0) is 31.6. The van der Waals surface area contributed by atoms with E-state index in [0.717, 1.165) is 16.7 Å². The predicted octanol–water partition coefficient (Wildman–Crippen LogP) is 3.37. The van der Waals surface area contributed by atoms with Crippen LogP contribution in [0.1, 0.15) is 63.1 Å². The first kappa shape index (κ1) is 33.6. The fraction of sp³-hybridized carbons (Fsp3) is 0.515. The molecule has 2 aromatic carbocycles. The van der Waals surface area contributed by atoms with Crippen molar-refractivity contribution in [3.63, 3.8) is 0 Å². The first-order valence-electron chi connectivity index (χ1n) is 14.9. The molecule has 1 heterocycles. The van der Waals surface area contributed by atoms with Crippen molar-refractivity contribution >= 4 is 23.8 Å². The molecule has 2 aromatic rings. The molecule has 43 heavy (non-hydrogen) atoms. The molecule has 4 amide bonds. The summed E-state index contributed by atoms with van der Waals surface area (Å²) in [4.78, 5) is 55.5. The monoisotopic (exact) mass is 593 g/mol. The Kier molecular flexibility index (Phi) is 12.1. The number of nitrogens with one attached hydrogen (secondary N) is 2. The third-order valence-electron chi connectivity index (χ3n) is 7.61.